The summed E-state index contributed by atoms with van der Waals surface area (Å²) in [5, 5.41) is 0.709. The molecule has 0 radical (unpaired) electrons. The summed E-state index contributed by atoms with van der Waals surface area (Å²) in [6.07, 6.45) is 28.2. The normalized spacial score (nSPS) is 32.9. The summed E-state index contributed by atoms with van der Waals surface area (Å²) >= 11 is 0. The van der Waals surface area contributed by atoms with Gasteiger partial charge in [0.25, 0.3) is 0 Å². The Morgan fingerprint density at radius 2 is 1.51 bits per heavy atom. The Balaban J connectivity index is 1.30. The molecule has 3 heterocycles. The van der Waals surface area contributed by atoms with Crippen molar-refractivity contribution in [3.63, 3.8) is 0 Å². The lowest BCUT2D eigenvalue weighted by atomic mass is 9.73. The van der Waals surface area contributed by atoms with E-state index in [-0.39, 0.29) is 23.5 Å². The average Bonchev–Trinajstić information content (AvgIpc) is 3.72. The molecule has 6 rings (SSSR count). The molecule has 3 aliphatic heterocycles. The predicted octanol–water partition coefficient (Wildman–Crippen LogP) is 8.32. The van der Waals surface area contributed by atoms with E-state index >= 15 is 0 Å². The third kappa shape index (κ3) is 7.09. The summed E-state index contributed by atoms with van der Waals surface area (Å²) < 4.78 is 0. The first-order chi connectivity index (χ1) is 21.0. The van der Waals surface area contributed by atoms with Crippen molar-refractivity contribution in [3.8, 4) is 0 Å². The number of carbonyl (C=O) groups is 1. The van der Waals surface area contributed by atoms with Gasteiger partial charge in [-0.25, -0.2) is 15.5 Å². The molecule has 1 spiro atoms. The van der Waals surface area contributed by atoms with Gasteiger partial charge in [0, 0.05) is 23.9 Å². The van der Waals surface area contributed by atoms with E-state index in [1.54, 1.807) is 0 Å². The maximum atomic E-state index is 14.6. The topological polar surface area (TPSA) is 44.4 Å². The fourth-order valence-electron chi connectivity index (χ4n) is 9.84. The predicted molar refractivity (Wildman–Crippen MR) is 186 cm³/mol. The van der Waals surface area contributed by atoms with Gasteiger partial charge in [0.05, 0.1) is 11.6 Å². The van der Waals surface area contributed by atoms with Gasteiger partial charge >= 0.3 is 0 Å². The van der Waals surface area contributed by atoms with Gasteiger partial charge < -0.3 is 4.90 Å². The molecule has 1 amide bonds. The standard InChI is InChI=1S/C38H61N3OS/c1-30-37(38(2,40-39-30)34-18-10-6-3-4-7-11-19-34)41(29-35-20-15-27-43(35)25-12-8-5-9-13-26-43)36(42)24-22-31-21-23-32-16-14-17-33(32)28-31/h21-24,28,30,34-35,37,39-40H,3-20,25-27,29H2,1-2H3. The number of fused-ring (bicyclic) bond motifs is 1. The zero-order chi connectivity index (χ0) is 29.7. The van der Waals surface area contributed by atoms with Crippen LogP contribution >= 0.6 is 10.0 Å². The summed E-state index contributed by atoms with van der Waals surface area (Å²) in [6, 6.07) is 7.27. The minimum atomic E-state index is -0.649. The maximum absolute atomic E-state index is 14.6. The third-order valence-electron chi connectivity index (χ3n) is 12.3. The maximum Gasteiger partial charge on any atom is 0.246 e. The van der Waals surface area contributed by atoms with Crippen molar-refractivity contribution in [2.75, 3.05) is 23.8 Å². The van der Waals surface area contributed by atoms with Crippen molar-refractivity contribution in [2.45, 2.75) is 152 Å². The molecule has 5 heteroatoms. The second-order valence-corrected chi connectivity index (χ2v) is 19.3. The summed E-state index contributed by atoms with van der Waals surface area (Å²) in [5.41, 5.74) is 11.6. The van der Waals surface area contributed by atoms with Crippen LogP contribution in [0, 0.1) is 5.92 Å². The lowest BCUT2D eigenvalue weighted by molar-refractivity contribution is -0.130. The van der Waals surface area contributed by atoms with Gasteiger partial charge in [-0.05, 0) is 118 Å². The molecule has 5 aliphatic rings. The van der Waals surface area contributed by atoms with Crippen LogP contribution in [0.1, 0.15) is 133 Å². The van der Waals surface area contributed by atoms with Crippen LogP contribution in [0.3, 0.4) is 0 Å². The van der Waals surface area contributed by atoms with Gasteiger partial charge in [-0.2, -0.15) is 0 Å². The molecule has 0 aromatic heterocycles. The minimum absolute atomic E-state index is 0.108. The van der Waals surface area contributed by atoms with Gasteiger partial charge in [-0.15, -0.1) is 0 Å². The highest BCUT2D eigenvalue weighted by Crippen LogP contribution is 2.61. The SMILES string of the molecule is CC1NNC(C)(C2CCCCCCCC2)C1N(CC1CCCS12CCCCCCC2)C(=O)C=Cc1ccc2c(c1)CCC2. The molecule has 4 atom stereocenters. The van der Waals surface area contributed by atoms with E-state index in [1.165, 1.54) is 150 Å². The Hall–Kier alpha value is -1.30. The lowest BCUT2D eigenvalue weighted by Crippen LogP contribution is -2.61. The molecule has 3 saturated heterocycles. The molecule has 4 fully saturated rings. The quantitative estimate of drug-likeness (QED) is 0.320. The Morgan fingerprint density at radius 3 is 2.26 bits per heavy atom. The van der Waals surface area contributed by atoms with E-state index in [0.717, 1.165) is 6.54 Å². The summed E-state index contributed by atoms with van der Waals surface area (Å²) in [6.45, 7) is 5.76. The molecule has 2 aliphatic carbocycles. The zero-order valence-electron chi connectivity index (χ0n) is 27.5. The van der Waals surface area contributed by atoms with Gasteiger partial charge in [-0.1, -0.05) is 76.0 Å². The fourth-order valence-corrected chi connectivity index (χ4v) is 14.9. The number of benzene rings is 1. The third-order valence-corrected chi connectivity index (χ3v) is 17.4. The lowest BCUT2D eigenvalue weighted by Gasteiger charge is -2.49. The number of hydrogen-bond donors (Lipinski definition) is 2. The molecule has 0 bridgehead atoms. The molecule has 4 nitrogen and oxygen atoms in total. The number of rotatable bonds is 6. The fraction of sp³-hybridized carbons (Fsp3) is 0.763. The molecular formula is C38H61N3OS. The first-order valence-corrected chi connectivity index (χ1v) is 20.6. The Kier molecular flexibility index (Phi) is 10.6. The van der Waals surface area contributed by atoms with E-state index < -0.39 is 10.0 Å². The average molecular weight is 608 g/mol. The van der Waals surface area contributed by atoms with E-state index in [1.807, 2.05) is 6.08 Å². The number of nitrogens with zero attached hydrogens (tertiary/aromatic N) is 1. The van der Waals surface area contributed by atoms with Crippen LogP contribution in [0.5, 0.6) is 0 Å². The molecule has 1 aromatic rings. The number of amides is 1. The summed E-state index contributed by atoms with van der Waals surface area (Å²) in [4.78, 5) is 17.0. The van der Waals surface area contributed by atoms with Gasteiger partial charge in [0.15, 0.2) is 0 Å². The molecule has 4 unspecified atom stereocenters. The molecular weight excluding hydrogens is 547 g/mol. The van der Waals surface area contributed by atoms with E-state index in [4.69, 9.17) is 0 Å². The van der Waals surface area contributed by atoms with Gasteiger partial charge in [-0.3, -0.25) is 10.2 Å². The van der Waals surface area contributed by atoms with E-state index in [2.05, 4.69) is 53.9 Å². The van der Waals surface area contributed by atoms with Crippen molar-refractivity contribution in [2.24, 2.45) is 5.92 Å². The highest BCUT2D eigenvalue weighted by Gasteiger charge is 2.52. The Morgan fingerprint density at radius 1 is 0.860 bits per heavy atom. The number of hydrogen-bond acceptors (Lipinski definition) is 3. The largest absolute Gasteiger partial charge is 0.332 e. The molecule has 1 saturated carbocycles. The first kappa shape index (κ1) is 31.7. The van der Waals surface area contributed by atoms with Crippen molar-refractivity contribution in [1.82, 2.24) is 15.8 Å². The van der Waals surface area contributed by atoms with Crippen molar-refractivity contribution < 1.29 is 4.79 Å². The number of carbonyl (C=O) groups excluding carboxylic acids is 1. The Labute approximate surface area is 264 Å². The summed E-state index contributed by atoms with van der Waals surface area (Å²) in [5.74, 6) is 5.21. The van der Waals surface area contributed by atoms with Gasteiger partial charge in [0.1, 0.15) is 0 Å². The highest BCUT2D eigenvalue weighted by atomic mass is 32.3. The first-order valence-electron chi connectivity index (χ1n) is 18.4. The van der Waals surface area contributed by atoms with Crippen LogP contribution < -0.4 is 10.9 Å². The van der Waals surface area contributed by atoms with Gasteiger partial charge in [0.2, 0.25) is 5.91 Å². The van der Waals surface area contributed by atoms with Crippen molar-refractivity contribution in [3.05, 3.63) is 41.0 Å². The minimum Gasteiger partial charge on any atom is -0.332 e. The van der Waals surface area contributed by atoms with Crippen LogP contribution in [0.15, 0.2) is 24.3 Å². The summed E-state index contributed by atoms with van der Waals surface area (Å²) in [7, 11) is -0.649. The number of nitrogens with one attached hydrogen (secondary N) is 2. The molecule has 43 heavy (non-hydrogen) atoms. The monoisotopic (exact) mass is 607 g/mol. The highest BCUT2D eigenvalue weighted by molar-refractivity contribution is 8.34. The van der Waals surface area contributed by atoms with Crippen LogP contribution in [-0.4, -0.2) is 57.5 Å². The smallest absolute Gasteiger partial charge is 0.246 e. The molecule has 240 valence electrons. The van der Waals surface area contributed by atoms with E-state index in [9.17, 15) is 4.79 Å². The Bertz CT molecular complexity index is 1100. The van der Waals surface area contributed by atoms with Crippen LogP contribution in [-0.2, 0) is 17.6 Å². The zero-order valence-corrected chi connectivity index (χ0v) is 28.3. The molecule has 2 N–H and O–H groups in total. The second kappa shape index (κ2) is 14.4. The van der Waals surface area contributed by atoms with Crippen LogP contribution in [0.4, 0.5) is 0 Å². The van der Waals surface area contributed by atoms with Crippen molar-refractivity contribution in [1.29, 1.82) is 0 Å². The molecule has 1 aromatic carbocycles. The number of aryl methyl sites for hydroxylation is 2. The van der Waals surface area contributed by atoms with E-state index in [0.29, 0.717) is 11.2 Å². The van der Waals surface area contributed by atoms with Crippen LogP contribution in [0.25, 0.3) is 6.08 Å². The number of hydrazine groups is 1. The van der Waals surface area contributed by atoms with Crippen LogP contribution in [0.2, 0.25) is 0 Å². The van der Waals surface area contributed by atoms with Crippen molar-refractivity contribution >= 4 is 22.0 Å². The second-order valence-electron chi connectivity index (χ2n) is 15.1.